The van der Waals surface area contributed by atoms with Crippen LogP contribution in [0.1, 0.15) is 48.7 Å². The lowest BCUT2D eigenvalue weighted by atomic mass is 9.93. The first kappa shape index (κ1) is 13.5. The Morgan fingerprint density at radius 3 is 2.83 bits per heavy atom. The Labute approximate surface area is 105 Å². The van der Waals surface area contributed by atoms with Crippen molar-refractivity contribution in [3.8, 4) is 0 Å². The molecule has 0 radical (unpaired) electrons. The van der Waals surface area contributed by atoms with Crippen molar-refractivity contribution in [1.82, 2.24) is 4.57 Å². The van der Waals surface area contributed by atoms with E-state index in [-0.39, 0.29) is 12.5 Å². The van der Waals surface area contributed by atoms with Crippen LogP contribution in [-0.2, 0) is 13.0 Å². The smallest absolute Gasteiger partial charge is 0.349 e. The predicted molar refractivity (Wildman–Crippen MR) is 64.3 cm³/mol. The highest BCUT2D eigenvalue weighted by molar-refractivity contribution is 5.32. The van der Waals surface area contributed by atoms with E-state index in [1.165, 1.54) is 0 Å². The molecule has 1 heterocycles. The van der Waals surface area contributed by atoms with E-state index in [0.717, 1.165) is 36.2 Å². The van der Waals surface area contributed by atoms with Crippen LogP contribution in [0.25, 0.3) is 0 Å². The minimum absolute atomic E-state index is 0.0521. The summed E-state index contributed by atoms with van der Waals surface area (Å²) < 4.78 is 38.5. The SMILES string of the molecule is Cc1cc2c(n1CCCC(F)(F)F)CCCC2N. The van der Waals surface area contributed by atoms with Crippen molar-refractivity contribution in [2.75, 3.05) is 0 Å². The number of hydrogen-bond donors (Lipinski definition) is 1. The first-order valence-corrected chi connectivity index (χ1v) is 6.40. The number of nitrogens with two attached hydrogens (primary N) is 1. The molecule has 0 saturated heterocycles. The Morgan fingerprint density at radius 2 is 2.17 bits per heavy atom. The van der Waals surface area contributed by atoms with Crippen molar-refractivity contribution in [2.45, 2.75) is 57.8 Å². The van der Waals surface area contributed by atoms with Gasteiger partial charge in [-0.15, -0.1) is 0 Å². The van der Waals surface area contributed by atoms with Gasteiger partial charge in [-0.2, -0.15) is 13.2 Å². The fourth-order valence-electron chi connectivity index (χ4n) is 2.75. The molecule has 0 spiro atoms. The van der Waals surface area contributed by atoms with Crippen molar-refractivity contribution in [3.63, 3.8) is 0 Å². The standard InChI is InChI=1S/C13H19F3N2/c1-9-8-10-11(17)4-2-5-12(10)18(9)7-3-6-13(14,15)16/h8,11H,2-7,17H2,1H3. The Balaban J connectivity index is 2.09. The zero-order chi connectivity index (χ0) is 13.3. The molecule has 1 aliphatic rings. The summed E-state index contributed by atoms with van der Waals surface area (Å²) in [6.45, 7) is 2.38. The molecule has 1 aromatic heterocycles. The molecule has 1 atom stereocenters. The fraction of sp³-hybridized carbons (Fsp3) is 0.692. The number of rotatable bonds is 3. The van der Waals surface area contributed by atoms with Gasteiger partial charge in [0.25, 0.3) is 0 Å². The number of aromatic nitrogens is 1. The van der Waals surface area contributed by atoms with Gasteiger partial charge in [-0.25, -0.2) is 0 Å². The maximum absolute atomic E-state index is 12.2. The second-order valence-corrected chi connectivity index (χ2v) is 5.06. The average Bonchev–Trinajstić information content (AvgIpc) is 2.56. The van der Waals surface area contributed by atoms with Crippen LogP contribution in [-0.4, -0.2) is 10.7 Å². The summed E-state index contributed by atoms with van der Waals surface area (Å²) in [5, 5.41) is 0. The zero-order valence-electron chi connectivity index (χ0n) is 10.6. The lowest BCUT2D eigenvalue weighted by molar-refractivity contribution is -0.135. The van der Waals surface area contributed by atoms with Crippen LogP contribution in [0.2, 0.25) is 0 Å². The normalized spacial score (nSPS) is 19.9. The molecule has 2 nitrogen and oxygen atoms in total. The van der Waals surface area contributed by atoms with E-state index in [0.29, 0.717) is 6.54 Å². The molecule has 102 valence electrons. The van der Waals surface area contributed by atoms with Crippen molar-refractivity contribution in [3.05, 3.63) is 23.0 Å². The number of fused-ring (bicyclic) bond motifs is 1. The first-order chi connectivity index (χ1) is 8.38. The quantitative estimate of drug-likeness (QED) is 0.886. The Hall–Kier alpha value is -0.970. The van der Waals surface area contributed by atoms with Gasteiger partial charge in [-0.1, -0.05) is 0 Å². The van der Waals surface area contributed by atoms with Crippen LogP contribution < -0.4 is 5.73 Å². The minimum atomic E-state index is -4.06. The van der Waals surface area contributed by atoms with Gasteiger partial charge in [0, 0.05) is 30.4 Å². The molecule has 2 rings (SSSR count). The Bertz CT molecular complexity index is 421. The van der Waals surface area contributed by atoms with Crippen LogP contribution in [0, 0.1) is 6.92 Å². The summed E-state index contributed by atoms with van der Waals surface area (Å²) in [6.07, 6.45) is -1.71. The fourth-order valence-corrected chi connectivity index (χ4v) is 2.75. The van der Waals surface area contributed by atoms with E-state index >= 15 is 0 Å². The van der Waals surface area contributed by atoms with Gasteiger partial charge in [-0.3, -0.25) is 0 Å². The number of aryl methyl sites for hydroxylation is 1. The maximum Gasteiger partial charge on any atom is 0.389 e. The molecule has 0 bridgehead atoms. The Kier molecular flexibility index (Phi) is 3.71. The van der Waals surface area contributed by atoms with Gasteiger partial charge < -0.3 is 10.3 Å². The summed E-state index contributed by atoms with van der Waals surface area (Å²) in [5.41, 5.74) is 9.34. The molecule has 0 saturated carbocycles. The summed E-state index contributed by atoms with van der Waals surface area (Å²) in [7, 11) is 0. The van der Waals surface area contributed by atoms with Gasteiger partial charge in [-0.05, 0) is 44.2 Å². The van der Waals surface area contributed by atoms with Crippen molar-refractivity contribution in [1.29, 1.82) is 0 Å². The number of nitrogens with zero attached hydrogens (tertiary/aromatic N) is 1. The van der Waals surface area contributed by atoms with Crippen LogP contribution in [0.5, 0.6) is 0 Å². The molecule has 1 aromatic rings. The topological polar surface area (TPSA) is 30.9 Å². The van der Waals surface area contributed by atoms with Crippen molar-refractivity contribution in [2.24, 2.45) is 5.73 Å². The molecule has 0 aromatic carbocycles. The molecule has 1 aliphatic carbocycles. The summed E-state index contributed by atoms with van der Waals surface area (Å²) in [6, 6.07) is 2.09. The lowest BCUT2D eigenvalue weighted by Gasteiger charge is -2.21. The molecular weight excluding hydrogens is 241 g/mol. The predicted octanol–water partition coefficient (Wildman–Crippen LogP) is 3.48. The van der Waals surface area contributed by atoms with Gasteiger partial charge >= 0.3 is 6.18 Å². The molecular formula is C13H19F3N2. The van der Waals surface area contributed by atoms with Gasteiger partial charge in [0.15, 0.2) is 0 Å². The highest BCUT2D eigenvalue weighted by atomic mass is 19.4. The third kappa shape index (κ3) is 2.88. The summed E-state index contributed by atoms with van der Waals surface area (Å²) in [5.74, 6) is 0. The average molecular weight is 260 g/mol. The van der Waals surface area contributed by atoms with Crippen LogP contribution >= 0.6 is 0 Å². The van der Waals surface area contributed by atoms with E-state index in [4.69, 9.17) is 5.73 Å². The van der Waals surface area contributed by atoms with Gasteiger partial charge in [0.1, 0.15) is 0 Å². The zero-order valence-corrected chi connectivity index (χ0v) is 10.6. The number of hydrogen-bond acceptors (Lipinski definition) is 1. The van der Waals surface area contributed by atoms with E-state index in [1.54, 1.807) is 0 Å². The van der Waals surface area contributed by atoms with Crippen LogP contribution in [0.3, 0.4) is 0 Å². The molecule has 1 unspecified atom stereocenters. The van der Waals surface area contributed by atoms with Crippen molar-refractivity contribution >= 4 is 0 Å². The van der Waals surface area contributed by atoms with Gasteiger partial charge in [0.05, 0.1) is 0 Å². The van der Waals surface area contributed by atoms with Crippen LogP contribution in [0.4, 0.5) is 13.2 Å². The van der Waals surface area contributed by atoms with Gasteiger partial charge in [0.2, 0.25) is 0 Å². The van der Waals surface area contributed by atoms with Crippen LogP contribution in [0.15, 0.2) is 6.07 Å². The van der Waals surface area contributed by atoms with E-state index < -0.39 is 12.6 Å². The third-order valence-corrected chi connectivity index (χ3v) is 3.62. The Morgan fingerprint density at radius 1 is 1.44 bits per heavy atom. The van der Waals surface area contributed by atoms with E-state index in [1.807, 2.05) is 17.6 Å². The molecule has 0 amide bonds. The maximum atomic E-state index is 12.2. The second-order valence-electron chi connectivity index (χ2n) is 5.06. The molecule has 5 heteroatoms. The van der Waals surface area contributed by atoms with Crippen molar-refractivity contribution < 1.29 is 13.2 Å². The highest BCUT2D eigenvalue weighted by Gasteiger charge is 2.27. The van der Waals surface area contributed by atoms with E-state index in [2.05, 4.69) is 0 Å². The third-order valence-electron chi connectivity index (χ3n) is 3.62. The minimum Gasteiger partial charge on any atom is -0.349 e. The summed E-state index contributed by atoms with van der Waals surface area (Å²) in [4.78, 5) is 0. The highest BCUT2D eigenvalue weighted by Crippen LogP contribution is 2.31. The molecule has 18 heavy (non-hydrogen) atoms. The number of halogens is 3. The second kappa shape index (κ2) is 4.96. The molecule has 0 aliphatic heterocycles. The first-order valence-electron chi connectivity index (χ1n) is 6.40. The summed E-state index contributed by atoms with van der Waals surface area (Å²) >= 11 is 0. The monoisotopic (exact) mass is 260 g/mol. The largest absolute Gasteiger partial charge is 0.389 e. The lowest BCUT2D eigenvalue weighted by Crippen LogP contribution is -2.19. The number of alkyl halides is 3. The molecule has 2 N–H and O–H groups in total. The molecule has 0 fully saturated rings. The van der Waals surface area contributed by atoms with E-state index in [9.17, 15) is 13.2 Å².